The van der Waals surface area contributed by atoms with Crippen molar-refractivity contribution < 1.29 is 9.59 Å². The Morgan fingerprint density at radius 2 is 2.04 bits per heavy atom. The van der Waals surface area contributed by atoms with Gasteiger partial charge in [0.2, 0.25) is 5.91 Å². The molecule has 0 unspecified atom stereocenters. The summed E-state index contributed by atoms with van der Waals surface area (Å²) in [6.07, 6.45) is 5.77. The van der Waals surface area contributed by atoms with Crippen molar-refractivity contribution in [1.29, 1.82) is 0 Å². The van der Waals surface area contributed by atoms with Crippen LogP contribution in [0.1, 0.15) is 52.9 Å². The number of hydrogen-bond acceptors (Lipinski definition) is 5. The molecule has 0 spiro atoms. The third-order valence-corrected chi connectivity index (χ3v) is 4.32. The van der Waals surface area contributed by atoms with Crippen LogP contribution in [0.15, 0.2) is 30.6 Å². The smallest absolute Gasteiger partial charge is 0.254 e. The normalized spacial score (nSPS) is 16.8. The van der Waals surface area contributed by atoms with E-state index in [-0.39, 0.29) is 24.3 Å². The second-order valence-corrected chi connectivity index (χ2v) is 6.19. The summed E-state index contributed by atoms with van der Waals surface area (Å²) in [6, 6.07) is 5.26. The largest absolute Gasteiger partial charge is 0.370 e. The molecule has 2 aromatic rings. The number of carbonyl (C=O) groups is 2. The Morgan fingerprint density at radius 1 is 1.28 bits per heavy atom. The number of primary amides is 1. The molecule has 0 aromatic carbocycles. The molecule has 3 rings (SSSR count). The lowest BCUT2D eigenvalue weighted by molar-refractivity contribution is -0.118. The first kappa shape index (κ1) is 17.0. The van der Waals surface area contributed by atoms with Crippen molar-refractivity contribution in [2.45, 2.75) is 38.6 Å². The monoisotopic (exact) mass is 339 g/mol. The van der Waals surface area contributed by atoms with E-state index < -0.39 is 0 Å². The predicted molar refractivity (Wildman–Crippen MR) is 91.5 cm³/mol. The molecule has 1 atom stereocenters. The Labute approximate surface area is 146 Å². The summed E-state index contributed by atoms with van der Waals surface area (Å²) in [5.41, 5.74) is 7.46. The average molecular weight is 339 g/mol. The van der Waals surface area contributed by atoms with Crippen molar-refractivity contribution in [1.82, 2.24) is 19.9 Å². The Bertz CT molecular complexity index is 778. The molecular weight excluding hydrogens is 318 g/mol. The van der Waals surface area contributed by atoms with Crippen molar-refractivity contribution in [3.63, 3.8) is 0 Å². The third kappa shape index (κ3) is 3.99. The minimum Gasteiger partial charge on any atom is -0.370 e. The highest BCUT2D eigenvalue weighted by Gasteiger charge is 2.32. The van der Waals surface area contributed by atoms with Crippen LogP contribution in [0.4, 0.5) is 0 Å². The van der Waals surface area contributed by atoms with Gasteiger partial charge >= 0.3 is 0 Å². The number of aromatic nitrogens is 3. The second kappa shape index (κ2) is 7.38. The molecule has 7 heteroatoms. The zero-order chi connectivity index (χ0) is 17.8. The molecule has 1 aliphatic heterocycles. The van der Waals surface area contributed by atoms with Gasteiger partial charge in [-0.3, -0.25) is 14.6 Å². The maximum absolute atomic E-state index is 12.8. The molecule has 130 valence electrons. The van der Waals surface area contributed by atoms with Gasteiger partial charge in [0.05, 0.1) is 11.7 Å². The number of amides is 2. The van der Waals surface area contributed by atoms with E-state index in [1.807, 2.05) is 17.9 Å². The van der Waals surface area contributed by atoms with Gasteiger partial charge in [-0.05, 0) is 44.4 Å². The van der Waals surface area contributed by atoms with Crippen molar-refractivity contribution in [2.24, 2.45) is 5.73 Å². The highest BCUT2D eigenvalue weighted by molar-refractivity contribution is 5.94. The number of carbonyl (C=O) groups excluding carboxylic acids is 2. The molecular formula is C18H21N5O2. The molecule has 0 aliphatic carbocycles. The zero-order valence-corrected chi connectivity index (χ0v) is 14.2. The summed E-state index contributed by atoms with van der Waals surface area (Å²) >= 11 is 0. The van der Waals surface area contributed by atoms with E-state index in [0.29, 0.717) is 24.4 Å². The van der Waals surface area contributed by atoms with Crippen molar-refractivity contribution in [2.75, 3.05) is 6.54 Å². The number of aryl methyl sites for hydroxylation is 2. The van der Waals surface area contributed by atoms with Crippen LogP contribution >= 0.6 is 0 Å². The lowest BCUT2D eigenvalue weighted by Gasteiger charge is -2.25. The Balaban J connectivity index is 1.84. The summed E-state index contributed by atoms with van der Waals surface area (Å²) in [7, 11) is 0. The minimum atomic E-state index is -0.354. The summed E-state index contributed by atoms with van der Waals surface area (Å²) in [5, 5.41) is 0. The summed E-state index contributed by atoms with van der Waals surface area (Å²) in [5.74, 6) is 0.271. The molecule has 1 aliphatic rings. The van der Waals surface area contributed by atoms with Crippen LogP contribution in [-0.2, 0) is 11.2 Å². The molecule has 25 heavy (non-hydrogen) atoms. The maximum Gasteiger partial charge on any atom is 0.254 e. The van der Waals surface area contributed by atoms with E-state index in [2.05, 4.69) is 15.0 Å². The predicted octanol–water partition coefficient (Wildman–Crippen LogP) is 1.58. The van der Waals surface area contributed by atoms with E-state index >= 15 is 0 Å². The first-order valence-electron chi connectivity index (χ1n) is 8.38. The van der Waals surface area contributed by atoms with E-state index in [1.165, 1.54) is 0 Å². The van der Waals surface area contributed by atoms with Crippen LogP contribution in [0.5, 0.6) is 0 Å². The maximum atomic E-state index is 12.8. The van der Waals surface area contributed by atoms with Gasteiger partial charge in [0.25, 0.3) is 5.91 Å². The Kier molecular flexibility index (Phi) is 5.02. The van der Waals surface area contributed by atoms with Crippen LogP contribution < -0.4 is 5.73 Å². The van der Waals surface area contributed by atoms with E-state index in [9.17, 15) is 9.59 Å². The fourth-order valence-corrected chi connectivity index (χ4v) is 3.18. The highest BCUT2D eigenvalue weighted by Crippen LogP contribution is 2.32. The van der Waals surface area contributed by atoms with E-state index in [4.69, 9.17) is 5.73 Å². The number of pyridine rings is 1. The Morgan fingerprint density at radius 3 is 2.76 bits per heavy atom. The number of nitrogens with zero attached hydrogens (tertiary/aromatic N) is 4. The van der Waals surface area contributed by atoms with Crippen LogP contribution in [0.2, 0.25) is 0 Å². The second-order valence-electron chi connectivity index (χ2n) is 6.19. The van der Waals surface area contributed by atoms with Gasteiger partial charge in [0.1, 0.15) is 5.82 Å². The fourth-order valence-electron chi connectivity index (χ4n) is 3.18. The molecule has 3 heterocycles. The number of hydrogen-bond donors (Lipinski definition) is 1. The van der Waals surface area contributed by atoms with Crippen LogP contribution in [0, 0.1) is 6.92 Å². The van der Waals surface area contributed by atoms with Crippen molar-refractivity contribution in [3.8, 4) is 0 Å². The lowest BCUT2D eigenvalue weighted by atomic mass is 10.1. The topological polar surface area (TPSA) is 102 Å². The average Bonchev–Trinajstić information content (AvgIpc) is 3.09. The fraction of sp³-hybridized carbons (Fsp3) is 0.389. The number of likely N-dealkylation sites (tertiary alicyclic amines) is 1. The third-order valence-electron chi connectivity index (χ3n) is 4.32. The SMILES string of the molecule is Cc1nc(CCC(N)=O)cc([C@H]2CCCN2C(=O)c2ccncc2)n1. The molecule has 7 nitrogen and oxygen atoms in total. The van der Waals surface area contributed by atoms with E-state index in [1.54, 1.807) is 24.5 Å². The molecule has 2 N–H and O–H groups in total. The molecule has 1 fully saturated rings. The van der Waals surface area contributed by atoms with Gasteiger partial charge in [-0.25, -0.2) is 9.97 Å². The summed E-state index contributed by atoms with van der Waals surface area (Å²) in [4.78, 5) is 38.6. The van der Waals surface area contributed by atoms with Crippen LogP contribution in [0.3, 0.4) is 0 Å². The quantitative estimate of drug-likeness (QED) is 0.891. The molecule has 0 bridgehead atoms. The first-order chi connectivity index (χ1) is 12.0. The first-order valence-corrected chi connectivity index (χ1v) is 8.38. The van der Waals surface area contributed by atoms with E-state index in [0.717, 1.165) is 24.2 Å². The standard InChI is InChI=1S/C18H21N5O2/c1-12-21-14(4-5-17(19)24)11-15(22-12)16-3-2-10-23(16)18(25)13-6-8-20-9-7-13/h6-9,11,16H,2-5,10H2,1H3,(H2,19,24)/t16-/m1/s1. The lowest BCUT2D eigenvalue weighted by Crippen LogP contribution is -2.31. The van der Waals surface area contributed by atoms with Gasteiger partial charge in [0.15, 0.2) is 0 Å². The molecule has 0 saturated carbocycles. The molecule has 2 amide bonds. The van der Waals surface area contributed by atoms with Gasteiger partial charge in [-0.2, -0.15) is 0 Å². The van der Waals surface area contributed by atoms with Crippen molar-refractivity contribution in [3.05, 3.63) is 53.4 Å². The number of rotatable bonds is 5. The van der Waals surface area contributed by atoms with Gasteiger partial charge in [-0.1, -0.05) is 0 Å². The van der Waals surface area contributed by atoms with Crippen LogP contribution in [0.25, 0.3) is 0 Å². The van der Waals surface area contributed by atoms with Gasteiger partial charge in [-0.15, -0.1) is 0 Å². The van der Waals surface area contributed by atoms with Crippen molar-refractivity contribution >= 4 is 11.8 Å². The summed E-state index contributed by atoms with van der Waals surface area (Å²) in [6.45, 7) is 2.52. The van der Waals surface area contributed by atoms with Gasteiger partial charge < -0.3 is 10.6 Å². The summed E-state index contributed by atoms with van der Waals surface area (Å²) < 4.78 is 0. The number of nitrogens with two attached hydrogens (primary N) is 1. The van der Waals surface area contributed by atoms with Gasteiger partial charge in [0, 0.05) is 36.6 Å². The highest BCUT2D eigenvalue weighted by atomic mass is 16.2. The zero-order valence-electron chi connectivity index (χ0n) is 14.2. The molecule has 1 saturated heterocycles. The Hall–Kier alpha value is -2.83. The molecule has 0 radical (unpaired) electrons. The minimum absolute atomic E-state index is 0.0140. The van der Waals surface area contributed by atoms with Crippen LogP contribution in [-0.4, -0.2) is 38.2 Å². The molecule has 2 aromatic heterocycles.